The molecular formula is C33H40F3N3O3. The summed E-state index contributed by atoms with van der Waals surface area (Å²) in [5, 5.41) is 13.6. The highest BCUT2D eigenvalue weighted by atomic mass is 19.4. The van der Waals surface area contributed by atoms with E-state index < -0.39 is 17.3 Å². The molecule has 1 spiro atoms. The van der Waals surface area contributed by atoms with Crippen LogP contribution in [0.3, 0.4) is 0 Å². The summed E-state index contributed by atoms with van der Waals surface area (Å²) in [7, 11) is 0. The number of halogens is 3. The van der Waals surface area contributed by atoms with E-state index in [1.54, 1.807) is 15.9 Å². The van der Waals surface area contributed by atoms with Crippen LogP contribution in [0.5, 0.6) is 0 Å². The second-order valence-corrected chi connectivity index (χ2v) is 12.8. The number of nitrogens with zero attached hydrogens (tertiary/aromatic N) is 2. The Labute approximate surface area is 245 Å². The van der Waals surface area contributed by atoms with Gasteiger partial charge < -0.3 is 20.2 Å². The highest BCUT2D eigenvalue weighted by Gasteiger charge is 2.50. The minimum atomic E-state index is -4.41. The van der Waals surface area contributed by atoms with Crippen LogP contribution in [0.4, 0.5) is 18.9 Å². The van der Waals surface area contributed by atoms with Gasteiger partial charge in [0.2, 0.25) is 0 Å². The quantitative estimate of drug-likeness (QED) is 0.452. The molecule has 0 radical (unpaired) electrons. The number of carbonyl (C=O) groups excluding carboxylic acids is 2. The third kappa shape index (κ3) is 5.64. The summed E-state index contributed by atoms with van der Waals surface area (Å²) in [6.07, 6.45) is 5.57. The van der Waals surface area contributed by atoms with Crippen molar-refractivity contribution in [3.8, 4) is 0 Å². The van der Waals surface area contributed by atoms with Crippen molar-refractivity contribution in [2.45, 2.75) is 81.9 Å². The Balaban J connectivity index is 1.25. The minimum Gasteiger partial charge on any atom is -0.384 e. The van der Waals surface area contributed by atoms with Crippen LogP contribution in [0.2, 0.25) is 0 Å². The average Bonchev–Trinajstić information content (AvgIpc) is 3.73. The van der Waals surface area contributed by atoms with Crippen molar-refractivity contribution in [1.29, 1.82) is 0 Å². The molecule has 6 nitrogen and oxygen atoms in total. The number of benzene rings is 2. The molecule has 42 heavy (non-hydrogen) atoms. The first-order chi connectivity index (χ1) is 20.1. The van der Waals surface area contributed by atoms with Gasteiger partial charge in [-0.2, -0.15) is 13.2 Å². The Morgan fingerprint density at radius 3 is 2.00 bits per heavy atom. The largest absolute Gasteiger partial charge is 0.416 e. The van der Waals surface area contributed by atoms with Crippen LogP contribution in [0.1, 0.15) is 97.2 Å². The van der Waals surface area contributed by atoms with Crippen LogP contribution in [0.15, 0.2) is 42.5 Å². The van der Waals surface area contributed by atoms with Crippen molar-refractivity contribution >= 4 is 17.5 Å². The molecular weight excluding hydrogens is 543 g/mol. The van der Waals surface area contributed by atoms with Crippen LogP contribution >= 0.6 is 0 Å². The van der Waals surface area contributed by atoms with Gasteiger partial charge in [0.1, 0.15) is 5.60 Å². The molecule has 4 aliphatic rings. The lowest BCUT2D eigenvalue weighted by Crippen LogP contribution is -2.53. The van der Waals surface area contributed by atoms with Crippen molar-refractivity contribution in [3.05, 3.63) is 64.7 Å². The molecule has 6 rings (SSSR count). The summed E-state index contributed by atoms with van der Waals surface area (Å²) >= 11 is 0. The van der Waals surface area contributed by atoms with Crippen LogP contribution in [0.25, 0.3) is 0 Å². The molecule has 2 heterocycles. The molecule has 1 atom stereocenters. The molecule has 3 fully saturated rings. The van der Waals surface area contributed by atoms with Gasteiger partial charge in [-0.25, -0.2) is 0 Å². The van der Waals surface area contributed by atoms with E-state index in [2.05, 4.69) is 5.32 Å². The summed E-state index contributed by atoms with van der Waals surface area (Å²) in [4.78, 5) is 29.2. The van der Waals surface area contributed by atoms with E-state index in [0.717, 1.165) is 36.8 Å². The fraction of sp³-hybridized carbons (Fsp3) is 0.576. The molecule has 0 aromatic heterocycles. The first kappa shape index (κ1) is 29.0. The fourth-order valence-corrected chi connectivity index (χ4v) is 7.37. The maximum Gasteiger partial charge on any atom is 0.416 e. The van der Waals surface area contributed by atoms with E-state index in [1.165, 1.54) is 37.8 Å². The lowest BCUT2D eigenvalue weighted by molar-refractivity contribution is -0.144. The number of hydrogen-bond donors (Lipinski definition) is 2. The number of piperazine rings is 1. The van der Waals surface area contributed by atoms with Gasteiger partial charge in [-0.3, -0.25) is 9.59 Å². The maximum atomic E-state index is 13.6. The Morgan fingerprint density at radius 1 is 0.810 bits per heavy atom. The highest BCUT2D eigenvalue weighted by Crippen LogP contribution is 2.54. The fourth-order valence-electron chi connectivity index (χ4n) is 7.37. The second kappa shape index (κ2) is 11.2. The van der Waals surface area contributed by atoms with Crippen LogP contribution in [-0.4, -0.2) is 65.0 Å². The topological polar surface area (TPSA) is 72.9 Å². The number of fused-ring (bicyclic) bond motifs is 1. The van der Waals surface area contributed by atoms with E-state index in [1.807, 2.05) is 24.3 Å². The number of hydrogen-bond acceptors (Lipinski definition) is 4. The van der Waals surface area contributed by atoms with Crippen LogP contribution in [-0.2, 0) is 11.0 Å². The Bertz CT molecular complexity index is 1300. The van der Waals surface area contributed by atoms with Gasteiger partial charge in [0.25, 0.3) is 11.8 Å². The van der Waals surface area contributed by atoms with E-state index in [-0.39, 0.29) is 23.1 Å². The highest BCUT2D eigenvalue weighted by molar-refractivity contribution is 5.94. The zero-order valence-electron chi connectivity index (χ0n) is 24.0. The number of carbonyl (C=O) groups is 2. The summed E-state index contributed by atoms with van der Waals surface area (Å²) in [5.74, 6) is -0.403. The van der Waals surface area contributed by atoms with Crippen LogP contribution in [0, 0.1) is 5.41 Å². The molecule has 2 saturated carbocycles. The average molecular weight is 584 g/mol. The zero-order chi connectivity index (χ0) is 29.5. The predicted molar refractivity (Wildman–Crippen MR) is 154 cm³/mol. The molecule has 9 heteroatoms. The zero-order valence-corrected chi connectivity index (χ0v) is 24.0. The summed E-state index contributed by atoms with van der Waals surface area (Å²) in [6, 6.07) is 11.8. The molecule has 2 aromatic carbocycles. The van der Waals surface area contributed by atoms with Crippen molar-refractivity contribution in [2.75, 3.05) is 38.0 Å². The standard InChI is InChI=1S/C33H40F3N3O3/c34-33(35,36)25-11-12-26-27(21-25)37-22-31(13-5-3-1-2-4-6-14-31)28(26)23-7-9-24(10-8-23)29(40)38-17-19-39(20-18-38)30(41)32(42)15-16-32/h7-12,21,28,37,42H,1-6,13-20,22H2. The molecule has 2 aliphatic carbocycles. The van der Waals surface area contributed by atoms with E-state index in [4.69, 9.17) is 0 Å². The van der Waals surface area contributed by atoms with E-state index in [9.17, 15) is 27.9 Å². The lowest BCUT2D eigenvalue weighted by atomic mass is 9.62. The van der Waals surface area contributed by atoms with Gasteiger partial charge in [0.15, 0.2) is 0 Å². The van der Waals surface area contributed by atoms with Gasteiger partial charge in [-0.05, 0) is 66.5 Å². The first-order valence-electron chi connectivity index (χ1n) is 15.5. The van der Waals surface area contributed by atoms with Crippen molar-refractivity contribution in [1.82, 2.24) is 9.80 Å². The predicted octanol–water partition coefficient (Wildman–Crippen LogP) is 6.19. The molecule has 1 saturated heterocycles. The number of rotatable bonds is 3. The van der Waals surface area contributed by atoms with Gasteiger partial charge in [-0.15, -0.1) is 0 Å². The third-order valence-corrected chi connectivity index (χ3v) is 10.0. The summed E-state index contributed by atoms with van der Waals surface area (Å²) < 4.78 is 40.7. The van der Waals surface area contributed by atoms with Gasteiger partial charge in [-0.1, -0.05) is 56.7 Å². The first-order valence-corrected chi connectivity index (χ1v) is 15.5. The minimum absolute atomic E-state index is 0.0685. The normalized spacial score (nSPS) is 23.7. The van der Waals surface area contributed by atoms with Crippen LogP contribution < -0.4 is 5.32 Å². The maximum absolute atomic E-state index is 13.6. The second-order valence-electron chi connectivity index (χ2n) is 12.8. The monoisotopic (exact) mass is 583 g/mol. The number of anilines is 1. The Kier molecular flexibility index (Phi) is 7.75. The Morgan fingerprint density at radius 2 is 1.40 bits per heavy atom. The molecule has 2 amide bonds. The SMILES string of the molecule is O=C(c1ccc(C2c3ccc(C(F)(F)F)cc3NCC23CCCCCCCC3)cc1)N1CCN(C(=O)C2(O)CC2)CC1. The summed E-state index contributed by atoms with van der Waals surface area (Å²) in [5.41, 5.74) is 1.07. The number of aliphatic hydroxyl groups is 1. The number of alkyl halides is 3. The number of nitrogens with one attached hydrogen (secondary N) is 1. The molecule has 226 valence electrons. The van der Waals surface area contributed by atoms with Crippen molar-refractivity contribution in [2.24, 2.45) is 5.41 Å². The van der Waals surface area contributed by atoms with Gasteiger partial charge in [0, 0.05) is 49.9 Å². The molecule has 2 aromatic rings. The third-order valence-electron chi connectivity index (χ3n) is 10.0. The van der Waals surface area contributed by atoms with E-state index in [0.29, 0.717) is 56.8 Å². The van der Waals surface area contributed by atoms with E-state index >= 15 is 0 Å². The molecule has 2 N–H and O–H groups in total. The van der Waals surface area contributed by atoms with Crippen molar-refractivity contribution in [3.63, 3.8) is 0 Å². The Hall–Kier alpha value is -3.07. The lowest BCUT2D eigenvalue weighted by Gasteiger charge is -2.47. The number of amides is 2. The molecule has 0 bridgehead atoms. The van der Waals surface area contributed by atoms with Gasteiger partial charge >= 0.3 is 6.18 Å². The molecule has 2 aliphatic heterocycles. The summed E-state index contributed by atoms with van der Waals surface area (Å²) in [6.45, 7) is 2.26. The van der Waals surface area contributed by atoms with Crippen molar-refractivity contribution < 1.29 is 27.9 Å². The smallest absolute Gasteiger partial charge is 0.384 e. The molecule has 1 unspecified atom stereocenters. The van der Waals surface area contributed by atoms with Gasteiger partial charge in [0.05, 0.1) is 5.56 Å².